The van der Waals surface area contributed by atoms with E-state index >= 15 is 0 Å². The summed E-state index contributed by atoms with van der Waals surface area (Å²) in [5, 5.41) is 45.6. The zero-order chi connectivity index (χ0) is 25.1. The van der Waals surface area contributed by atoms with Crippen LogP contribution in [0.1, 0.15) is 30.0 Å². The summed E-state index contributed by atoms with van der Waals surface area (Å²) in [4.78, 5) is 4.90. The van der Waals surface area contributed by atoms with E-state index in [1.807, 2.05) is 31.2 Å². The Labute approximate surface area is 208 Å². The van der Waals surface area contributed by atoms with Crippen molar-refractivity contribution in [3.63, 3.8) is 0 Å². The van der Waals surface area contributed by atoms with Crippen molar-refractivity contribution in [3.8, 4) is 5.75 Å². The van der Waals surface area contributed by atoms with Gasteiger partial charge in [0.25, 0.3) is 0 Å². The number of nitrogens with zero attached hydrogens (tertiary/aromatic N) is 1. The average molecular weight is 508 g/mol. The predicted molar refractivity (Wildman–Crippen MR) is 127 cm³/mol. The van der Waals surface area contributed by atoms with Crippen molar-refractivity contribution in [1.29, 1.82) is 0 Å². The molecule has 0 spiro atoms. The van der Waals surface area contributed by atoms with Crippen LogP contribution in [-0.2, 0) is 26.5 Å². The van der Waals surface area contributed by atoms with E-state index in [1.54, 1.807) is 24.4 Å². The van der Waals surface area contributed by atoms with Crippen LogP contribution < -0.4 is 4.74 Å². The van der Waals surface area contributed by atoms with E-state index in [2.05, 4.69) is 5.16 Å². The van der Waals surface area contributed by atoms with Crippen LogP contribution in [0.2, 0.25) is 5.02 Å². The van der Waals surface area contributed by atoms with Gasteiger partial charge in [0.1, 0.15) is 36.3 Å². The fraction of sp³-hybridized carbons (Fsp3) is 0.480. The second kappa shape index (κ2) is 10.8. The first-order chi connectivity index (χ1) is 16.8. The van der Waals surface area contributed by atoms with E-state index in [9.17, 15) is 20.4 Å². The molecule has 2 heterocycles. The maximum atomic E-state index is 10.8. The molecule has 9 nitrogen and oxygen atoms in total. The standard InChI is InChI=1S/C25H30ClNO8/c1-2-34-27-10-3-11-32-19-7-4-16(5-8-19)12-17-13-18(6-9-20(17)26)25-23(31)21(29)22(30)24(14-28,35-25)15-33-25/h4-10,13,21-23,28-31H,2-3,11-12,14-15H2,1H3/b27-10+/t21-,22-,23+,24-,25-/m0/s1. The number of aliphatic hydroxyl groups is 4. The summed E-state index contributed by atoms with van der Waals surface area (Å²) in [6.45, 7) is 2.11. The SMILES string of the molecule is CCO/N=C/CCOc1ccc(Cc2cc([C@]34OC[C@](CO)(O3)[C@@H](O)[C@H](O)[C@H]4O)ccc2Cl)cc1. The summed E-state index contributed by atoms with van der Waals surface area (Å²) in [6.07, 6.45) is -1.85. The molecule has 0 aromatic heterocycles. The van der Waals surface area contributed by atoms with Gasteiger partial charge in [-0.3, -0.25) is 0 Å². The van der Waals surface area contributed by atoms with Crippen LogP contribution >= 0.6 is 11.6 Å². The van der Waals surface area contributed by atoms with Crippen LogP contribution in [0, 0.1) is 0 Å². The van der Waals surface area contributed by atoms with Crippen molar-refractivity contribution in [2.45, 2.75) is 49.5 Å². The molecule has 2 saturated heterocycles. The summed E-state index contributed by atoms with van der Waals surface area (Å²) in [5.41, 5.74) is 0.632. The van der Waals surface area contributed by atoms with E-state index in [-0.39, 0.29) is 6.61 Å². The molecule has 35 heavy (non-hydrogen) atoms. The first-order valence-electron chi connectivity index (χ1n) is 11.5. The molecule has 2 aromatic rings. The molecule has 0 amide bonds. The molecule has 10 heteroatoms. The lowest BCUT2D eigenvalue weighted by molar-refractivity contribution is -0.329. The van der Waals surface area contributed by atoms with E-state index in [1.165, 1.54) is 0 Å². The van der Waals surface area contributed by atoms with Crippen LogP contribution in [0.4, 0.5) is 0 Å². The van der Waals surface area contributed by atoms with Crippen molar-refractivity contribution in [2.75, 3.05) is 26.4 Å². The minimum absolute atomic E-state index is 0.185. The summed E-state index contributed by atoms with van der Waals surface area (Å²) < 4.78 is 17.4. The monoisotopic (exact) mass is 507 g/mol. The number of benzene rings is 2. The van der Waals surface area contributed by atoms with Gasteiger partial charge in [-0.05, 0) is 48.7 Å². The van der Waals surface area contributed by atoms with E-state index in [0.29, 0.717) is 36.6 Å². The van der Waals surface area contributed by atoms with Crippen molar-refractivity contribution in [3.05, 3.63) is 64.2 Å². The van der Waals surface area contributed by atoms with Gasteiger partial charge in [-0.2, -0.15) is 0 Å². The van der Waals surface area contributed by atoms with Gasteiger partial charge < -0.3 is 39.5 Å². The molecule has 190 valence electrons. The minimum atomic E-state index is -1.73. The quantitative estimate of drug-likeness (QED) is 0.217. The molecule has 2 fully saturated rings. The Hall–Kier alpha value is -2.24. The van der Waals surface area contributed by atoms with E-state index in [4.69, 9.17) is 30.6 Å². The number of aliphatic hydroxyl groups excluding tert-OH is 4. The Kier molecular flexibility index (Phi) is 7.97. The molecule has 2 aliphatic heterocycles. The highest BCUT2D eigenvalue weighted by molar-refractivity contribution is 6.31. The Morgan fingerprint density at radius 2 is 1.91 bits per heavy atom. The maximum Gasteiger partial charge on any atom is 0.225 e. The molecule has 0 saturated carbocycles. The Balaban J connectivity index is 1.48. The van der Waals surface area contributed by atoms with Gasteiger partial charge in [-0.25, -0.2) is 0 Å². The van der Waals surface area contributed by atoms with Gasteiger partial charge in [0.2, 0.25) is 5.79 Å². The van der Waals surface area contributed by atoms with Gasteiger partial charge in [-0.1, -0.05) is 35.0 Å². The fourth-order valence-corrected chi connectivity index (χ4v) is 4.52. The lowest BCUT2D eigenvalue weighted by atomic mass is 9.83. The van der Waals surface area contributed by atoms with E-state index < -0.39 is 36.3 Å². The van der Waals surface area contributed by atoms with Crippen LogP contribution in [0.25, 0.3) is 0 Å². The highest BCUT2D eigenvalue weighted by atomic mass is 35.5. The molecule has 2 aromatic carbocycles. The zero-order valence-corrected chi connectivity index (χ0v) is 20.1. The van der Waals surface area contributed by atoms with Gasteiger partial charge in [0.05, 0.1) is 19.8 Å². The maximum absolute atomic E-state index is 10.8. The molecule has 5 atom stereocenters. The second-order valence-corrected chi connectivity index (χ2v) is 9.04. The number of fused-ring (bicyclic) bond motifs is 2. The average Bonchev–Trinajstić information content (AvgIpc) is 3.26. The van der Waals surface area contributed by atoms with Crippen LogP contribution in [0.5, 0.6) is 5.75 Å². The minimum Gasteiger partial charge on any atom is -0.493 e. The van der Waals surface area contributed by atoms with Crippen molar-refractivity contribution >= 4 is 17.8 Å². The first-order valence-corrected chi connectivity index (χ1v) is 11.9. The third-order valence-electron chi connectivity index (χ3n) is 6.29. The third kappa shape index (κ3) is 5.03. The Bertz CT molecular complexity index is 1030. The Morgan fingerprint density at radius 3 is 2.63 bits per heavy atom. The topological polar surface area (TPSA) is 130 Å². The molecule has 2 bridgehead atoms. The molecule has 0 unspecified atom stereocenters. The largest absolute Gasteiger partial charge is 0.493 e. The second-order valence-electron chi connectivity index (χ2n) is 8.63. The molecule has 0 aliphatic carbocycles. The fourth-order valence-electron chi connectivity index (χ4n) is 4.33. The van der Waals surface area contributed by atoms with Gasteiger partial charge in [-0.15, -0.1) is 0 Å². The number of ether oxygens (including phenoxy) is 3. The summed E-state index contributed by atoms with van der Waals surface area (Å²) in [5.74, 6) is -1.01. The lowest BCUT2D eigenvalue weighted by Crippen LogP contribution is -2.65. The highest BCUT2D eigenvalue weighted by Crippen LogP contribution is 2.49. The normalized spacial score (nSPS) is 30.1. The number of halogens is 1. The van der Waals surface area contributed by atoms with Crippen LogP contribution in [-0.4, -0.2) is 77.0 Å². The van der Waals surface area contributed by atoms with Gasteiger partial charge in [0.15, 0.2) is 0 Å². The van der Waals surface area contributed by atoms with Crippen LogP contribution in [0.3, 0.4) is 0 Å². The molecular weight excluding hydrogens is 478 g/mol. The number of hydrogen-bond donors (Lipinski definition) is 4. The first kappa shape index (κ1) is 25.8. The molecule has 4 rings (SSSR count). The van der Waals surface area contributed by atoms with Crippen molar-refractivity contribution in [2.24, 2.45) is 5.16 Å². The third-order valence-corrected chi connectivity index (χ3v) is 6.66. The molecule has 2 aliphatic rings. The van der Waals surface area contributed by atoms with Crippen molar-refractivity contribution in [1.82, 2.24) is 0 Å². The summed E-state index contributed by atoms with van der Waals surface area (Å²) >= 11 is 6.46. The summed E-state index contributed by atoms with van der Waals surface area (Å²) in [6, 6.07) is 12.6. The number of rotatable bonds is 10. The highest BCUT2D eigenvalue weighted by Gasteiger charge is 2.67. The number of hydrogen-bond acceptors (Lipinski definition) is 9. The molecular formula is C25H30ClNO8. The van der Waals surface area contributed by atoms with Gasteiger partial charge >= 0.3 is 0 Å². The Morgan fingerprint density at radius 1 is 1.14 bits per heavy atom. The lowest BCUT2D eigenvalue weighted by Gasteiger charge is -2.46. The van der Waals surface area contributed by atoms with Gasteiger partial charge in [0, 0.05) is 23.2 Å². The number of oxime groups is 1. The predicted octanol–water partition coefficient (Wildman–Crippen LogP) is 1.75. The molecule has 0 radical (unpaired) electrons. The van der Waals surface area contributed by atoms with Crippen molar-refractivity contribution < 1.29 is 39.5 Å². The summed E-state index contributed by atoms with van der Waals surface area (Å²) in [7, 11) is 0. The zero-order valence-electron chi connectivity index (χ0n) is 19.3. The van der Waals surface area contributed by atoms with E-state index in [0.717, 1.165) is 16.9 Å². The van der Waals surface area contributed by atoms with Crippen LogP contribution in [0.15, 0.2) is 47.6 Å². The molecule has 4 N–H and O–H groups in total. The smallest absolute Gasteiger partial charge is 0.225 e.